The van der Waals surface area contributed by atoms with Crippen molar-refractivity contribution in [2.45, 2.75) is 393 Å². The highest BCUT2D eigenvalue weighted by molar-refractivity contribution is 7.47. The molecule has 90 heavy (non-hydrogen) atoms. The summed E-state index contributed by atoms with van der Waals surface area (Å²) in [6.07, 6.45) is 54.6. The molecule has 0 radical (unpaired) electrons. The number of phosphoric ester groups is 2. The van der Waals surface area contributed by atoms with E-state index in [2.05, 4.69) is 27.7 Å². The number of carbonyl (C=O) groups excluding carboxylic acids is 4. The third-order valence-electron chi connectivity index (χ3n) is 16.6. The van der Waals surface area contributed by atoms with Crippen molar-refractivity contribution in [3.63, 3.8) is 0 Å². The number of aliphatic hydroxyl groups is 1. The van der Waals surface area contributed by atoms with Crippen molar-refractivity contribution in [2.24, 2.45) is 0 Å². The highest BCUT2D eigenvalue weighted by atomic mass is 31.2. The largest absolute Gasteiger partial charge is 0.472 e. The SMILES string of the molecule is CCCCCCCCCCCCCCCCCCCCCCC(=O)O[C@H](COC(=O)CCCCCCCCCCCCCCCCC)COP(=O)(O)OC[C@@H](O)COP(=O)(O)OC[C@@H](COC(=O)CCCCCCC)OC(=O)CCCCCCCCCCCC. The van der Waals surface area contributed by atoms with Gasteiger partial charge in [0.2, 0.25) is 0 Å². The Labute approximate surface area is 549 Å². The van der Waals surface area contributed by atoms with Crippen molar-refractivity contribution in [3.8, 4) is 0 Å². The molecule has 0 spiro atoms. The first-order chi connectivity index (χ1) is 43.7. The zero-order valence-electron chi connectivity index (χ0n) is 58.1. The Morgan fingerprint density at radius 2 is 0.444 bits per heavy atom. The predicted molar refractivity (Wildman–Crippen MR) is 363 cm³/mol. The van der Waals surface area contributed by atoms with Crippen molar-refractivity contribution in [1.82, 2.24) is 0 Å². The van der Waals surface area contributed by atoms with Gasteiger partial charge in [-0.05, 0) is 25.7 Å². The summed E-state index contributed by atoms with van der Waals surface area (Å²) in [6, 6.07) is 0. The highest BCUT2D eigenvalue weighted by Gasteiger charge is 2.30. The molecule has 0 fully saturated rings. The van der Waals surface area contributed by atoms with Crippen LogP contribution in [0, 0.1) is 0 Å². The molecule has 0 aromatic rings. The van der Waals surface area contributed by atoms with Gasteiger partial charge in [-0.1, -0.05) is 323 Å². The second-order valence-corrected chi connectivity index (χ2v) is 28.5. The summed E-state index contributed by atoms with van der Waals surface area (Å²) >= 11 is 0. The van der Waals surface area contributed by atoms with E-state index in [9.17, 15) is 43.2 Å². The minimum Gasteiger partial charge on any atom is -0.462 e. The first-order valence-corrected chi connectivity index (χ1v) is 40.3. The Kier molecular flexibility index (Phi) is 64.3. The quantitative estimate of drug-likeness (QED) is 0.0222. The van der Waals surface area contributed by atoms with Crippen molar-refractivity contribution in [2.75, 3.05) is 39.6 Å². The first kappa shape index (κ1) is 88.1. The first-order valence-electron chi connectivity index (χ1n) is 37.3. The van der Waals surface area contributed by atoms with E-state index in [0.717, 1.165) is 96.3 Å². The molecule has 0 aliphatic carbocycles. The van der Waals surface area contributed by atoms with Crippen LogP contribution in [0.1, 0.15) is 374 Å². The summed E-state index contributed by atoms with van der Waals surface area (Å²) in [5, 5.41) is 10.6. The fraction of sp³-hybridized carbons (Fsp3) is 0.944. The number of esters is 4. The maximum atomic E-state index is 13.0. The molecule has 0 aromatic heterocycles. The maximum absolute atomic E-state index is 13.0. The second-order valence-electron chi connectivity index (χ2n) is 25.6. The fourth-order valence-corrected chi connectivity index (χ4v) is 12.4. The summed E-state index contributed by atoms with van der Waals surface area (Å²) in [7, 11) is -9.89. The zero-order valence-corrected chi connectivity index (χ0v) is 59.9. The van der Waals surface area contributed by atoms with Crippen LogP contribution in [-0.2, 0) is 65.4 Å². The van der Waals surface area contributed by atoms with Crippen LogP contribution < -0.4 is 0 Å². The van der Waals surface area contributed by atoms with Gasteiger partial charge in [-0.3, -0.25) is 37.3 Å². The lowest BCUT2D eigenvalue weighted by Crippen LogP contribution is -2.30. The standard InChI is InChI=1S/C71H138O17P2/c1-5-9-13-17-20-23-26-28-30-31-32-33-34-36-38-40-43-46-50-54-58-71(76)88-67(62-82-69(74)56-52-48-44-42-39-37-35-29-27-24-21-18-14-10-6-2)64-86-90(79,80)84-60-65(72)59-83-89(77,78)85-63-66(61-81-68(73)55-51-47-16-12-8-4)87-70(75)57-53-49-45-41-25-22-19-15-11-7-3/h65-67,72H,5-64H2,1-4H3,(H,77,78)(H,79,80)/t65-,66+,67+/m0/s1. The minimum absolute atomic E-state index is 0.106. The smallest absolute Gasteiger partial charge is 0.462 e. The molecule has 0 saturated carbocycles. The van der Waals surface area contributed by atoms with E-state index in [1.165, 1.54) is 199 Å². The van der Waals surface area contributed by atoms with Crippen LogP contribution in [0.2, 0.25) is 0 Å². The molecule has 17 nitrogen and oxygen atoms in total. The molecule has 534 valence electrons. The lowest BCUT2D eigenvalue weighted by Gasteiger charge is -2.21. The Morgan fingerprint density at radius 3 is 0.656 bits per heavy atom. The van der Waals surface area contributed by atoms with Gasteiger partial charge in [0.25, 0.3) is 0 Å². The summed E-state index contributed by atoms with van der Waals surface area (Å²) < 4.78 is 68.1. The lowest BCUT2D eigenvalue weighted by atomic mass is 10.0. The number of carbonyl (C=O) groups is 4. The third kappa shape index (κ3) is 64.8. The van der Waals surface area contributed by atoms with Crippen LogP contribution in [0.5, 0.6) is 0 Å². The van der Waals surface area contributed by atoms with Gasteiger partial charge < -0.3 is 33.8 Å². The molecule has 5 atom stereocenters. The molecular formula is C71H138O17P2. The van der Waals surface area contributed by atoms with Gasteiger partial charge in [-0.2, -0.15) is 0 Å². The lowest BCUT2D eigenvalue weighted by molar-refractivity contribution is -0.161. The van der Waals surface area contributed by atoms with Gasteiger partial charge in [0, 0.05) is 25.7 Å². The molecule has 0 aliphatic rings. The molecule has 2 unspecified atom stereocenters. The van der Waals surface area contributed by atoms with Crippen LogP contribution >= 0.6 is 15.6 Å². The predicted octanol–water partition coefficient (Wildman–Crippen LogP) is 20.7. The van der Waals surface area contributed by atoms with Crippen LogP contribution in [-0.4, -0.2) is 96.7 Å². The molecule has 0 saturated heterocycles. The van der Waals surface area contributed by atoms with E-state index < -0.39 is 97.5 Å². The van der Waals surface area contributed by atoms with Gasteiger partial charge in [-0.25, -0.2) is 9.13 Å². The number of ether oxygens (including phenoxy) is 4. The van der Waals surface area contributed by atoms with Crippen molar-refractivity contribution >= 4 is 39.5 Å². The summed E-state index contributed by atoms with van der Waals surface area (Å²) in [5.74, 6) is -2.13. The van der Waals surface area contributed by atoms with Crippen molar-refractivity contribution in [1.29, 1.82) is 0 Å². The second kappa shape index (κ2) is 65.7. The van der Waals surface area contributed by atoms with Gasteiger partial charge >= 0.3 is 39.5 Å². The summed E-state index contributed by atoms with van der Waals surface area (Å²) in [4.78, 5) is 72.2. The van der Waals surface area contributed by atoms with E-state index in [0.29, 0.717) is 25.7 Å². The van der Waals surface area contributed by atoms with E-state index >= 15 is 0 Å². The number of hydrogen-bond donors (Lipinski definition) is 3. The van der Waals surface area contributed by atoms with Gasteiger partial charge in [-0.15, -0.1) is 0 Å². The molecule has 3 N–H and O–H groups in total. The minimum atomic E-state index is -4.95. The van der Waals surface area contributed by atoms with Crippen molar-refractivity contribution < 1.29 is 80.2 Å². The topological polar surface area (TPSA) is 237 Å². The van der Waals surface area contributed by atoms with Crippen molar-refractivity contribution in [3.05, 3.63) is 0 Å². The third-order valence-corrected chi connectivity index (χ3v) is 18.5. The Morgan fingerprint density at radius 1 is 0.267 bits per heavy atom. The summed E-state index contributed by atoms with van der Waals surface area (Å²) in [6.45, 7) is 4.85. The molecule has 0 aliphatic heterocycles. The van der Waals surface area contributed by atoms with Crippen LogP contribution in [0.4, 0.5) is 0 Å². The van der Waals surface area contributed by atoms with E-state index in [-0.39, 0.29) is 25.7 Å². The average Bonchev–Trinajstić information content (AvgIpc) is 3.64. The molecule has 0 heterocycles. The zero-order chi connectivity index (χ0) is 66.1. The number of unbranched alkanes of at least 4 members (excludes halogenated alkanes) is 46. The molecule has 0 bridgehead atoms. The number of rotatable bonds is 72. The highest BCUT2D eigenvalue weighted by Crippen LogP contribution is 2.45. The van der Waals surface area contributed by atoms with E-state index in [1.807, 2.05) is 0 Å². The van der Waals surface area contributed by atoms with Crippen LogP contribution in [0.15, 0.2) is 0 Å². The average molecular weight is 1330 g/mol. The Bertz CT molecular complexity index is 1720. The van der Waals surface area contributed by atoms with Crippen LogP contribution in [0.3, 0.4) is 0 Å². The van der Waals surface area contributed by atoms with E-state index in [1.54, 1.807) is 0 Å². The van der Waals surface area contributed by atoms with E-state index in [4.69, 9.17) is 37.0 Å². The number of phosphoric acid groups is 2. The monoisotopic (exact) mass is 1320 g/mol. The molecular weight excluding hydrogens is 1190 g/mol. The molecule has 0 amide bonds. The van der Waals surface area contributed by atoms with Gasteiger partial charge in [0.15, 0.2) is 12.2 Å². The van der Waals surface area contributed by atoms with Crippen LogP contribution in [0.25, 0.3) is 0 Å². The maximum Gasteiger partial charge on any atom is 0.472 e. The fourth-order valence-electron chi connectivity index (χ4n) is 10.9. The normalized spacial score (nSPS) is 14.0. The summed E-state index contributed by atoms with van der Waals surface area (Å²) in [5.41, 5.74) is 0. The molecule has 0 rings (SSSR count). The molecule has 19 heteroatoms. The number of hydrogen-bond acceptors (Lipinski definition) is 15. The Balaban J connectivity index is 5.12. The van der Waals surface area contributed by atoms with Gasteiger partial charge in [0.1, 0.15) is 19.3 Å². The molecule has 0 aromatic carbocycles. The Hall–Kier alpha value is -1.94. The van der Waals surface area contributed by atoms with Gasteiger partial charge in [0.05, 0.1) is 26.4 Å². The number of aliphatic hydroxyl groups excluding tert-OH is 1.